The third kappa shape index (κ3) is 3.34. The molecule has 2 amide bonds. The molecule has 24 heavy (non-hydrogen) atoms. The summed E-state index contributed by atoms with van der Waals surface area (Å²) in [6, 6.07) is 17.3. The van der Waals surface area contributed by atoms with Gasteiger partial charge >= 0.3 is 0 Å². The summed E-state index contributed by atoms with van der Waals surface area (Å²) in [4.78, 5) is 26.0. The Morgan fingerprint density at radius 3 is 2.46 bits per heavy atom. The van der Waals surface area contributed by atoms with Crippen LogP contribution in [-0.4, -0.2) is 23.3 Å². The van der Waals surface area contributed by atoms with Gasteiger partial charge in [0.15, 0.2) is 0 Å². The Kier molecular flexibility index (Phi) is 4.67. The fourth-order valence-corrected chi connectivity index (χ4v) is 2.84. The van der Waals surface area contributed by atoms with E-state index < -0.39 is 5.91 Å². The highest BCUT2D eigenvalue weighted by molar-refractivity contribution is 6.48. The average molecular weight is 341 g/mol. The molecular formula is C19H17ClN2O2. The number of nitrogens with zero attached hydrogens (tertiary/aromatic N) is 1. The van der Waals surface area contributed by atoms with Gasteiger partial charge in [0, 0.05) is 12.2 Å². The Hall–Kier alpha value is -2.59. The van der Waals surface area contributed by atoms with Gasteiger partial charge in [0.05, 0.1) is 0 Å². The maximum Gasteiger partial charge on any atom is 0.278 e. The van der Waals surface area contributed by atoms with Gasteiger partial charge in [-0.05, 0) is 36.6 Å². The fourth-order valence-electron chi connectivity index (χ4n) is 2.61. The molecule has 0 saturated heterocycles. The van der Waals surface area contributed by atoms with E-state index in [1.165, 1.54) is 4.90 Å². The number of halogens is 1. The summed E-state index contributed by atoms with van der Waals surface area (Å²) >= 11 is 6.09. The third-order valence-electron chi connectivity index (χ3n) is 3.87. The first-order chi connectivity index (χ1) is 11.6. The molecule has 1 N–H and O–H groups in total. The number of rotatable bonds is 5. The number of hydrogen-bond acceptors (Lipinski definition) is 3. The molecule has 0 aromatic heterocycles. The molecule has 0 aliphatic carbocycles. The van der Waals surface area contributed by atoms with E-state index in [4.69, 9.17) is 11.6 Å². The number of hydrogen-bond donors (Lipinski definition) is 1. The first kappa shape index (κ1) is 16.3. The molecule has 2 aromatic rings. The maximum absolute atomic E-state index is 12.5. The number of benzene rings is 2. The van der Waals surface area contributed by atoms with Crippen LogP contribution in [-0.2, 0) is 16.0 Å². The zero-order valence-corrected chi connectivity index (χ0v) is 14.0. The van der Waals surface area contributed by atoms with Crippen LogP contribution in [0.2, 0.25) is 0 Å². The number of nitrogens with one attached hydrogen (secondary N) is 1. The molecule has 0 saturated carbocycles. The van der Waals surface area contributed by atoms with Crippen molar-refractivity contribution in [3.63, 3.8) is 0 Å². The summed E-state index contributed by atoms with van der Waals surface area (Å²) < 4.78 is 0. The lowest BCUT2D eigenvalue weighted by molar-refractivity contribution is -0.137. The molecule has 0 bridgehead atoms. The topological polar surface area (TPSA) is 49.4 Å². The highest BCUT2D eigenvalue weighted by atomic mass is 35.5. The quantitative estimate of drug-likeness (QED) is 0.848. The van der Waals surface area contributed by atoms with Crippen molar-refractivity contribution in [1.29, 1.82) is 0 Å². The maximum atomic E-state index is 12.5. The van der Waals surface area contributed by atoms with Crippen molar-refractivity contribution in [2.75, 3.05) is 11.9 Å². The zero-order valence-electron chi connectivity index (χ0n) is 13.3. The summed E-state index contributed by atoms with van der Waals surface area (Å²) in [5, 5.41) is 2.91. The number of imide groups is 1. The van der Waals surface area contributed by atoms with Crippen molar-refractivity contribution in [1.82, 2.24) is 4.90 Å². The van der Waals surface area contributed by atoms with Crippen molar-refractivity contribution >= 4 is 29.1 Å². The average Bonchev–Trinajstić information content (AvgIpc) is 2.78. The number of carbonyl (C=O) groups is 2. The van der Waals surface area contributed by atoms with Gasteiger partial charge < -0.3 is 5.32 Å². The molecule has 1 aliphatic rings. The molecule has 2 aromatic carbocycles. The highest BCUT2D eigenvalue weighted by Crippen LogP contribution is 2.26. The second-order valence-electron chi connectivity index (χ2n) is 5.68. The summed E-state index contributed by atoms with van der Waals surface area (Å²) in [6.45, 7) is 2.26. The van der Waals surface area contributed by atoms with Crippen LogP contribution in [0, 0.1) is 6.92 Å². The van der Waals surface area contributed by atoms with Crippen LogP contribution in [0.3, 0.4) is 0 Å². The number of carbonyl (C=O) groups excluding carboxylic acids is 2. The summed E-state index contributed by atoms with van der Waals surface area (Å²) in [5.41, 5.74) is 2.98. The Balaban J connectivity index is 1.72. The van der Waals surface area contributed by atoms with Crippen molar-refractivity contribution in [2.45, 2.75) is 13.3 Å². The van der Waals surface area contributed by atoms with Crippen LogP contribution in [0.15, 0.2) is 65.3 Å². The van der Waals surface area contributed by atoms with E-state index in [0.29, 0.717) is 13.0 Å². The molecular weight excluding hydrogens is 324 g/mol. The van der Waals surface area contributed by atoms with Crippen LogP contribution >= 0.6 is 11.6 Å². The molecule has 1 heterocycles. The molecule has 1 aliphatic heterocycles. The molecule has 0 unspecified atom stereocenters. The van der Waals surface area contributed by atoms with Gasteiger partial charge in [0.1, 0.15) is 10.7 Å². The normalized spacial score (nSPS) is 14.5. The van der Waals surface area contributed by atoms with Crippen LogP contribution in [0.5, 0.6) is 0 Å². The minimum atomic E-state index is -0.451. The monoisotopic (exact) mass is 340 g/mol. The standard InChI is InChI=1S/C19H17ClN2O2/c1-13-6-5-9-15(12-13)21-17-16(20)18(23)22(19(17)24)11-10-14-7-3-2-4-8-14/h2-9,12,21H,10-11H2,1H3. The predicted octanol–water partition coefficient (Wildman–Crippen LogP) is 3.47. The van der Waals surface area contributed by atoms with Crippen molar-refractivity contribution < 1.29 is 9.59 Å². The first-order valence-electron chi connectivity index (χ1n) is 7.70. The summed E-state index contributed by atoms with van der Waals surface area (Å²) in [7, 11) is 0. The Morgan fingerprint density at radius 1 is 1.00 bits per heavy atom. The van der Waals surface area contributed by atoms with E-state index in [0.717, 1.165) is 16.8 Å². The van der Waals surface area contributed by atoms with Crippen molar-refractivity contribution in [2.24, 2.45) is 0 Å². The van der Waals surface area contributed by atoms with Gasteiger partial charge in [-0.25, -0.2) is 0 Å². The molecule has 5 heteroatoms. The van der Waals surface area contributed by atoms with E-state index in [1.54, 1.807) is 0 Å². The van der Waals surface area contributed by atoms with Crippen LogP contribution < -0.4 is 5.32 Å². The largest absolute Gasteiger partial charge is 0.350 e. The smallest absolute Gasteiger partial charge is 0.278 e. The highest BCUT2D eigenvalue weighted by Gasteiger charge is 2.37. The second kappa shape index (κ2) is 6.89. The molecule has 3 rings (SSSR count). The minimum Gasteiger partial charge on any atom is -0.350 e. The zero-order chi connectivity index (χ0) is 17.1. The van der Waals surface area contributed by atoms with Crippen LogP contribution in [0.25, 0.3) is 0 Å². The van der Waals surface area contributed by atoms with E-state index in [-0.39, 0.29) is 16.6 Å². The summed E-state index contributed by atoms with van der Waals surface area (Å²) in [5.74, 6) is -0.838. The van der Waals surface area contributed by atoms with Gasteiger partial charge in [0.2, 0.25) is 0 Å². The van der Waals surface area contributed by atoms with Crippen molar-refractivity contribution in [3.8, 4) is 0 Å². The van der Waals surface area contributed by atoms with E-state index >= 15 is 0 Å². The predicted molar refractivity (Wildman–Crippen MR) is 94.5 cm³/mol. The molecule has 0 spiro atoms. The van der Waals surface area contributed by atoms with E-state index in [2.05, 4.69) is 5.32 Å². The Bertz CT molecular complexity index is 815. The number of anilines is 1. The fraction of sp³-hybridized carbons (Fsp3) is 0.158. The molecule has 0 radical (unpaired) electrons. The Labute approximate surface area is 145 Å². The SMILES string of the molecule is Cc1cccc(NC2=C(Cl)C(=O)N(CCc3ccccc3)C2=O)c1. The van der Waals surface area contributed by atoms with E-state index in [1.807, 2.05) is 61.5 Å². The molecule has 4 nitrogen and oxygen atoms in total. The van der Waals surface area contributed by atoms with Gasteiger partial charge in [0.25, 0.3) is 11.8 Å². The Morgan fingerprint density at radius 2 is 1.75 bits per heavy atom. The van der Waals surface area contributed by atoms with Crippen LogP contribution in [0.4, 0.5) is 5.69 Å². The molecule has 122 valence electrons. The van der Waals surface area contributed by atoms with Gasteiger partial charge in [-0.1, -0.05) is 54.1 Å². The van der Waals surface area contributed by atoms with Crippen LogP contribution in [0.1, 0.15) is 11.1 Å². The lowest BCUT2D eigenvalue weighted by Crippen LogP contribution is -2.34. The number of amides is 2. The first-order valence-corrected chi connectivity index (χ1v) is 8.07. The number of aryl methyl sites for hydroxylation is 1. The van der Waals surface area contributed by atoms with Gasteiger partial charge in [-0.3, -0.25) is 14.5 Å². The van der Waals surface area contributed by atoms with Crippen molar-refractivity contribution in [3.05, 3.63) is 76.5 Å². The molecule has 0 fully saturated rings. The summed E-state index contributed by atoms with van der Waals surface area (Å²) in [6.07, 6.45) is 0.597. The van der Waals surface area contributed by atoms with Gasteiger partial charge in [-0.2, -0.15) is 0 Å². The second-order valence-corrected chi connectivity index (χ2v) is 6.06. The lowest BCUT2D eigenvalue weighted by Gasteiger charge is -2.15. The molecule has 0 atom stereocenters. The van der Waals surface area contributed by atoms with Gasteiger partial charge in [-0.15, -0.1) is 0 Å². The van der Waals surface area contributed by atoms with E-state index in [9.17, 15) is 9.59 Å². The third-order valence-corrected chi connectivity index (χ3v) is 4.22. The minimum absolute atomic E-state index is 0.0606. The lowest BCUT2D eigenvalue weighted by atomic mass is 10.1.